The molecule has 1 aliphatic heterocycles. The highest BCUT2D eigenvalue weighted by Crippen LogP contribution is 2.25. The van der Waals surface area contributed by atoms with Gasteiger partial charge in [-0.3, -0.25) is 0 Å². The number of alkyl halides is 1. The van der Waals surface area contributed by atoms with Crippen molar-refractivity contribution in [3.8, 4) is 0 Å². The molecule has 1 atom stereocenters. The Hall–Kier alpha value is -0.800. The zero-order valence-electron chi connectivity index (χ0n) is 10.6. The fraction of sp³-hybridized carbons (Fsp3) is 0.615. The van der Waals surface area contributed by atoms with Crippen molar-refractivity contribution < 1.29 is 4.74 Å². The summed E-state index contributed by atoms with van der Waals surface area (Å²) in [5.74, 6) is 1.53. The van der Waals surface area contributed by atoms with E-state index >= 15 is 0 Å². The van der Waals surface area contributed by atoms with E-state index in [0.717, 1.165) is 18.9 Å². The lowest BCUT2D eigenvalue weighted by Crippen LogP contribution is -2.53. The summed E-state index contributed by atoms with van der Waals surface area (Å²) in [7, 11) is 0. The van der Waals surface area contributed by atoms with Crippen molar-refractivity contribution in [2.24, 2.45) is 0 Å². The Morgan fingerprint density at radius 2 is 2.35 bits per heavy atom. The number of nitrogens with zero attached hydrogens (tertiary/aromatic N) is 2. The molecule has 0 saturated carbocycles. The van der Waals surface area contributed by atoms with Crippen LogP contribution in [-0.2, 0) is 4.74 Å². The fourth-order valence-electron chi connectivity index (χ4n) is 2.24. The normalized spacial score (nSPS) is 23.8. The van der Waals surface area contributed by atoms with E-state index < -0.39 is 0 Å². The number of hydrogen-bond donors (Lipinski definition) is 0. The maximum Gasteiger partial charge on any atom is 0.128 e. The molecule has 1 aromatic rings. The molecule has 1 aromatic heterocycles. The predicted octanol–water partition coefficient (Wildman–Crippen LogP) is 2.61. The number of hydrogen-bond acceptors (Lipinski definition) is 3. The second-order valence-corrected chi connectivity index (χ2v) is 5.53. The molecule has 3 nitrogen and oxygen atoms in total. The summed E-state index contributed by atoms with van der Waals surface area (Å²) in [5.41, 5.74) is 1.05. The molecule has 1 unspecified atom stereocenters. The number of aromatic nitrogens is 1. The van der Waals surface area contributed by atoms with Gasteiger partial charge in [0, 0.05) is 19.3 Å². The molecule has 1 aliphatic rings. The monoisotopic (exact) mass is 254 g/mol. The van der Waals surface area contributed by atoms with Crippen LogP contribution in [0.1, 0.15) is 19.4 Å². The van der Waals surface area contributed by atoms with Crippen molar-refractivity contribution in [1.29, 1.82) is 0 Å². The van der Waals surface area contributed by atoms with Crippen LogP contribution in [0.5, 0.6) is 0 Å². The van der Waals surface area contributed by atoms with Crippen LogP contribution in [0, 0.1) is 6.92 Å². The molecule has 4 heteroatoms. The van der Waals surface area contributed by atoms with Crippen molar-refractivity contribution in [3.63, 3.8) is 0 Å². The minimum absolute atomic E-state index is 0.0720. The number of aryl methyl sites for hydroxylation is 1. The first-order valence-electron chi connectivity index (χ1n) is 5.91. The number of halogens is 1. The van der Waals surface area contributed by atoms with E-state index in [1.165, 1.54) is 5.56 Å². The van der Waals surface area contributed by atoms with Gasteiger partial charge in [0.05, 0.1) is 17.6 Å². The molecular weight excluding hydrogens is 236 g/mol. The maximum absolute atomic E-state index is 5.92. The largest absolute Gasteiger partial charge is 0.367 e. The van der Waals surface area contributed by atoms with Gasteiger partial charge in [0.15, 0.2) is 0 Å². The highest BCUT2D eigenvalue weighted by Gasteiger charge is 2.33. The maximum atomic E-state index is 5.92. The van der Waals surface area contributed by atoms with Crippen LogP contribution in [0.15, 0.2) is 18.3 Å². The van der Waals surface area contributed by atoms with Crippen molar-refractivity contribution in [2.45, 2.75) is 32.5 Å². The van der Waals surface area contributed by atoms with Crippen molar-refractivity contribution in [1.82, 2.24) is 4.98 Å². The van der Waals surface area contributed by atoms with Crippen LogP contribution in [-0.4, -0.2) is 35.7 Å². The third kappa shape index (κ3) is 3.11. The Balaban J connectivity index is 2.20. The number of pyridine rings is 1. The first-order valence-corrected chi connectivity index (χ1v) is 6.45. The first-order chi connectivity index (χ1) is 8.00. The molecule has 0 aromatic carbocycles. The second-order valence-electron chi connectivity index (χ2n) is 5.23. The Morgan fingerprint density at radius 1 is 1.59 bits per heavy atom. The van der Waals surface area contributed by atoms with E-state index in [0.29, 0.717) is 5.88 Å². The Labute approximate surface area is 108 Å². The molecule has 2 heterocycles. The number of morpholine rings is 1. The molecule has 0 radical (unpaired) electrons. The summed E-state index contributed by atoms with van der Waals surface area (Å²) in [6, 6.07) is 4.11. The molecular formula is C13H19ClN2O. The molecule has 0 N–H and O–H groups in total. The van der Waals surface area contributed by atoms with Gasteiger partial charge in [-0.05, 0) is 38.5 Å². The SMILES string of the molecule is Cc1ccnc(N2CC(CCl)OC(C)(C)C2)c1. The molecule has 2 rings (SSSR count). The number of anilines is 1. The highest BCUT2D eigenvalue weighted by molar-refractivity contribution is 6.18. The Kier molecular flexibility index (Phi) is 3.59. The van der Waals surface area contributed by atoms with Gasteiger partial charge in [0.2, 0.25) is 0 Å². The minimum atomic E-state index is -0.177. The lowest BCUT2D eigenvalue weighted by atomic mass is 10.1. The first kappa shape index (κ1) is 12.7. The molecule has 0 bridgehead atoms. The lowest BCUT2D eigenvalue weighted by molar-refractivity contribution is -0.0736. The van der Waals surface area contributed by atoms with E-state index in [1.54, 1.807) is 0 Å². The topological polar surface area (TPSA) is 25.4 Å². The Morgan fingerprint density at radius 3 is 3.00 bits per heavy atom. The van der Waals surface area contributed by atoms with Crippen molar-refractivity contribution >= 4 is 17.4 Å². The summed E-state index contributed by atoms with van der Waals surface area (Å²) >= 11 is 5.92. The number of ether oxygens (including phenoxy) is 1. The standard InChI is InChI=1S/C13H19ClN2O/c1-10-4-5-15-12(6-10)16-8-11(7-14)17-13(2,3)9-16/h4-6,11H,7-9H2,1-3H3. The van der Waals surface area contributed by atoms with Gasteiger partial charge < -0.3 is 9.64 Å². The quantitative estimate of drug-likeness (QED) is 0.759. The molecule has 0 aliphatic carbocycles. The summed E-state index contributed by atoms with van der Waals surface area (Å²) in [5, 5.41) is 0. The van der Waals surface area contributed by atoms with Crippen molar-refractivity contribution in [3.05, 3.63) is 23.9 Å². The minimum Gasteiger partial charge on any atom is -0.367 e. The van der Waals surface area contributed by atoms with Crippen LogP contribution in [0.2, 0.25) is 0 Å². The van der Waals surface area contributed by atoms with Gasteiger partial charge in [-0.25, -0.2) is 4.98 Å². The third-order valence-corrected chi connectivity index (χ3v) is 3.22. The summed E-state index contributed by atoms with van der Waals surface area (Å²) < 4.78 is 5.90. The fourth-order valence-corrected chi connectivity index (χ4v) is 2.40. The van der Waals surface area contributed by atoms with Crippen LogP contribution in [0.25, 0.3) is 0 Å². The Bertz CT molecular complexity index is 395. The smallest absolute Gasteiger partial charge is 0.128 e. The average molecular weight is 255 g/mol. The second kappa shape index (κ2) is 4.83. The van der Waals surface area contributed by atoms with Gasteiger partial charge in [-0.2, -0.15) is 0 Å². The number of rotatable bonds is 2. The van der Waals surface area contributed by atoms with Gasteiger partial charge in [0.25, 0.3) is 0 Å². The van der Waals surface area contributed by atoms with E-state index in [-0.39, 0.29) is 11.7 Å². The molecule has 17 heavy (non-hydrogen) atoms. The highest BCUT2D eigenvalue weighted by atomic mass is 35.5. The summed E-state index contributed by atoms with van der Waals surface area (Å²) in [6.07, 6.45) is 1.92. The zero-order chi connectivity index (χ0) is 12.5. The van der Waals surface area contributed by atoms with E-state index in [4.69, 9.17) is 16.3 Å². The van der Waals surface area contributed by atoms with E-state index in [1.807, 2.05) is 12.3 Å². The van der Waals surface area contributed by atoms with Crippen LogP contribution in [0.4, 0.5) is 5.82 Å². The third-order valence-electron chi connectivity index (χ3n) is 2.88. The van der Waals surface area contributed by atoms with Crippen molar-refractivity contribution in [2.75, 3.05) is 23.9 Å². The van der Waals surface area contributed by atoms with Gasteiger partial charge in [-0.1, -0.05) is 0 Å². The van der Waals surface area contributed by atoms with E-state index in [2.05, 4.69) is 36.7 Å². The van der Waals surface area contributed by atoms with E-state index in [9.17, 15) is 0 Å². The average Bonchev–Trinajstić information content (AvgIpc) is 2.27. The molecule has 0 spiro atoms. The molecule has 1 fully saturated rings. The van der Waals surface area contributed by atoms with Crippen LogP contribution in [0.3, 0.4) is 0 Å². The van der Waals surface area contributed by atoms with Gasteiger partial charge in [0.1, 0.15) is 5.82 Å². The zero-order valence-corrected chi connectivity index (χ0v) is 11.4. The lowest BCUT2D eigenvalue weighted by Gasteiger charge is -2.42. The predicted molar refractivity (Wildman–Crippen MR) is 70.9 cm³/mol. The van der Waals surface area contributed by atoms with Crippen LogP contribution >= 0.6 is 11.6 Å². The molecule has 0 amide bonds. The van der Waals surface area contributed by atoms with Gasteiger partial charge >= 0.3 is 0 Å². The molecule has 1 saturated heterocycles. The summed E-state index contributed by atoms with van der Waals surface area (Å²) in [6.45, 7) is 7.92. The molecule has 94 valence electrons. The van der Waals surface area contributed by atoms with Gasteiger partial charge in [-0.15, -0.1) is 11.6 Å². The summed E-state index contributed by atoms with van der Waals surface area (Å²) in [4.78, 5) is 6.68. The van der Waals surface area contributed by atoms with Crippen LogP contribution < -0.4 is 4.90 Å².